The van der Waals surface area contributed by atoms with Gasteiger partial charge >= 0.3 is 104 Å². The number of rotatable bonds is 3. The summed E-state index contributed by atoms with van der Waals surface area (Å²) in [4.78, 5) is 13.7. The van der Waals surface area contributed by atoms with E-state index in [1.54, 1.807) is 0 Å². The van der Waals surface area contributed by atoms with Gasteiger partial charge in [-0.1, -0.05) is 0 Å². The first kappa shape index (κ1) is 15.0. The Kier molecular flexibility index (Phi) is 5.96. The molecule has 86 valence electrons. The molecule has 0 aliphatic rings. The fourth-order valence-corrected chi connectivity index (χ4v) is 1.91. The molecule has 4 heteroatoms. The first-order chi connectivity index (χ1) is 6.69. The second-order valence-corrected chi connectivity index (χ2v) is 13.7. The Balaban J connectivity index is 4.08. The number of esters is 1. The van der Waals surface area contributed by atoms with Crippen molar-refractivity contribution in [1.82, 2.24) is 0 Å². The molecule has 2 nitrogen and oxygen atoms in total. The van der Waals surface area contributed by atoms with Gasteiger partial charge in [0.1, 0.15) is 0 Å². The Morgan fingerprint density at radius 1 is 1.40 bits per heavy atom. The third-order valence-electron chi connectivity index (χ3n) is 1.74. The van der Waals surface area contributed by atoms with Gasteiger partial charge in [0.25, 0.3) is 0 Å². The van der Waals surface area contributed by atoms with Crippen LogP contribution in [0.1, 0.15) is 13.8 Å². The predicted octanol–water partition coefficient (Wildman–Crippen LogP) is 2.36. The first-order valence-corrected chi connectivity index (χ1v) is 11.9. The van der Waals surface area contributed by atoms with E-state index in [0.29, 0.717) is 0 Å². The van der Waals surface area contributed by atoms with Crippen molar-refractivity contribution in [3.05, 3.63) is 0 Å². The van der Waals surface area contributed by atoms with Crippen molar-refractivity contribution in [2.75, 3.05) is 6.61 Å². The summed E-state index contributed by atoms with van der Waals surface area (Å²) in [5.41, 5.74) is 3.17. The number of carbonyl (C=O) groups is 1. The molecule has 0 aromatic heterocycles. The van der Waals surface area contributed by atoms with E-state index in [0.717, 1.165) is 0 Å². The van der Waals surface area contributed by atoms with Gasteiger partial charge in [-0.05, 0) is 0 Å². The average molecular weight is 340 g/mol. The molecule has 0 saturated carbocycles. The Morgan fingerprint density at radius 2 is 1.93 bits per heavy atom. The van der Waals surface area contributed by atoms with Crippen LogP contribution in [0.3, 0.4) is 0 Å². The van der Waals surface area contributed by atoms with E-state index in [1.807, 2.05) is 13.8 Å². The molecule has 0 amide bonds. The van der Waals surface area contributed by atoms with Gasteiger partial charge in [-0.25, -0.2) is 0 Å². The quantitative estimate of drug-likeness (QED) is 0.448. The maximum absolute atomic E-state index is 11.6. The summed E-state index contributed by atoms with van der Waals surface area (Å²) in [6, 6.07) is 0. The zero-order valence-corrected chi connectivity index (χ0v) is 13.8. The molecule has 0 atom stereocenters. The Labute approximate surface area is 104 Å². The molecule has 0 rings (SSSR count). The van der Waals surface area contributed by atoms with E-state index < -0.39 is 8.07 Å². The normalized spacial score (nSPS) is 11.6. The zero-order valence-electron chi connectivity index (χ0n) is 10.4. The van der Waals surface area contributed by atoms with Crippen molar-refractivity contribution < 1.29 is 9.53 Å². The molecular formula is C11H20O2SiTe. The molecule has 0 aromatic rings. The average Bonchev–Trinajstić information content (AvgIpc) is 2.10. The minimum absolute atomic E-state index is 0.0997. The third kappa shape index (κ3) is 7.01. The summed E-state index contributed by atoms with van der Waals surface area (Å²) in [5.74, 6) is 2.84. The van der Waals surface area contributed by atoms with Gasteiger partial charge in [0, 0.05) is 0 Å². The fraction of sp³-hybridized carbons (Fsp3) is 0.727. The maximum atomic E-state index is 11.6. The van der Waals surface area contributed by atoms with Crippen molar-refractivity contribution in [3.8, 4) is 11.5 Å². The zero-order chi connectivity index (χ0) is 12.1. The van der Waals surface area contributed by atoms with Gasteiger partial charge in [-0.2, -0.15) is 0 Å². The molecule has 0 unspecified atom stereocenters. The molecule has 0 saturated heterocycles. The second kappa shape index (κ2) is 5.94. The summed E-state index contributed by atoms with van der Waals surface area (Å²) in [6.07, 6.45) is 0. The molecule has 0 N–H and O–H groups in total. The molecule has 0 aliphatic heterocycles. The van der Waals surface area contributed by atoms with Crippen LogP contribution in [0.2, 0.25) is 28.1 Å². The van der Waals surface area contributed by atoms with Gasteiger partial charge < -0.3 is 0 Å². The van der Waals surface area contributed by atoms with Crippen LogP contribution in [0.4, 0.5) is 0 Å². The molecule has 15 heavy (non-hydrogen) atoms. The number of hydrogen-bond donors (Lipinski definition) is 0. The summed E-state index contributed by atoms with van der Waals surface area (Å²) >= 11 is -0.307. The van der Waals surface area contributed by atoms with E-state index >= 15 is 0 Å². The monoisotopic (exact) mass is 342 g/mol. The van der Waals surface area contributed by atoms with E-state index in [1.165, 1.54) is 0 Å². The van der Waals surface area contributed by atoms with Crippen LogP contribution in [0.5, 0.6) is 0 Å². The Hall–Kier alpha value is 0.0365. The summed E-state index contributed by atoms with van der Waals surface area (Å²) in [7, 11) is -1.33. The van der Waals surface area contributed by atoms with Crippen molar-refractivity contribution in [2.45, 2.75) is 41.9 Å². The predicted molar refractivity (Wildman–Crippen MR) is 67.7 cm³/mol. The van der Waals surface area contributed by atoms with Gasteiger partial charge in [-0.15, -0.1) is 0 Å². The molecule has 0 aromatic carbocycles. The first-order valence-electron chi connectivity index (χ1n) is 4.91. The molecule has 0 aliphatic carbocycles. The van der Waals surface area contributed by atoms with Crippen molar-refractivity contribution >= 4 is 35.0 Å². The summed E-state index contributed by atoms with van der Waals surface area (Å²) in [5, 5.41) is 0. The SMILES string of the molecule is C[Te]C(C)(C)C(=O)OCC#C[Si](C)(C)C. The molecule has 0 radical (unpaired) electrons. The number of hydrogen-bond acceptors (Lipinski definition) is 2. The van der Waals surface area contributed by atoms with Gasteiger partial charge in [0.2, 0.25) is 0 Å². The van der Waals surface area contributed by atoms with Crippen molar-refractivity contribution in [3.63, 3.8) is 0 Å². The minimum atomic E-state index is -1.33. The molecular weight excluding hydrogens is 320 g/mol. The molecule has 0 fully saturated rings. The third-order valence-corrected chi connectivity index (χ3v) is 6.06. The van der Waals surface area contributed by atoms with E-state index in [-0.39, 0.29) is 37.0 Å². The fourth-order valence-electron chi connectivity index (χ4n) is 0.660. The van der Waals surface area contributed by atoms with E-state index in [9.17, 15) is 4.79 Å². The van der Waals surface area contributed by atoms with Gasteiger partial charge in [0.15, 0.2) is 0 Å². The van der Waals surface area contributed by atoms with Crippen LogP contribution in [0.25, 0.3) is 0 Å². The van der Waals surface area contributed by atoms with Crippen LogP contribution < -0.4 is 0 Å². The van der Waals surface area contributed by atoms with E-state index in [2.05, 4.69) is 36.1 Å². The van der Waals surface area contributed by atoms with Crippen LogP contribution in [0, 0.1) is 11.5 Å². The van der Waals surface area contributed by atoms with Crippen LogP contribution >= 0.6 is 0 Å². The van der Waals surface area contributed by atoms with Gasteiger partial charge in [-0.3, -0.25) is 0 Å². The summed E-state index contributed by atoms with van der Waals surface area (Å²) in [6.45, 7) is 10.7. The summed E-state index contributed by atoms with van der Waals surface area (Å²) < 4.78 is 4.88. The van der Waals surface area contributed by atoms with Gasteiger partial charge in [0.05, 0.1) is 0 Å². The van der Waals surface area contributed by atoms with Crippen LogP contribution in [-0.4, -0.2) is 41.6 Å². The van der Waals surface area contributed by atoms with Crippen molar-refractivity contribution in [1.29, 1.82) is 0 Å². The number of ether oxygens (including phenoxy) is 1. The Morgan fingerprint density at radius 3 is 2.33 bits per heavy atom. The Bertz CT molecular complexity index is 281. The van der Waals surface area contributed by atoms with E-state index in [4.69, 9.17) is 4.74 Å². The molecule has 0 heterocycles. The van der Waals surface area contributed by atoms with Crippen molar-refractivity contribution in [2.24, 2.45) is 0 Å². The second-order valence-electron chi connectivity index (χ2n) is 4.84. The molecule has 0 bridgehead atoms. The standard InChI is InChI=1S/C11H20O2SiTe/c1-11(2,15-6)10(12)13-8-7-9-14(3,4)5/h8H2,1-6H3. The van der Waals surface area contributed by atoms with Crippen LogP contribution in [-0.2, 0) is 9.53 Å². The molecule has 0 spiro atoms. The number of carbonyl (C=O) groups excluding carboxylic acids is 1. The van der Waals surface area contributed by atoms with Crippen LogP contribution in [0.15, 0.2) is 0 Å². The topological polar surface area (TPSA) is 26.3 Å².